The van der Waals surface area contributed by atoms with E-state index in [1.807, 2.05) is 0 Å². The highest BCUT2D eigenvalue weighted by Crippen LogP contribution is 2.28. The van der Waals surface area contributed by atoms with Crippen molar-refractivity contribution in [1.82, 2.24) is 5.32 Å². The van der Waals surface area contributed by atoms with Crippen molar-refractivity contribution < 1.29 is 4.74 Å². The molecule has 0 aromatic heterocycles. The second kappa shape index (κ2) is 8.01. The fourth-order valence-electron chi connectivity index (χ4n) is 2.72. The standard InChI is InChI=1S/C16H25BrN2O/c1-3-7-18-10-14-4-5-15(9-16(14)17)19-8-6-13(11-19)12-20-2/h4-5,9,13,18H,3,6-8,10-12H2,1-2H3. The molecule has 3 nitrogen and oxygen atoms in total. The van der Waals surface area contributed by atoms with Crippen LogP contribution in [0.2, 0.25) is 0 Å². The van der Waals surface area contributed by atoms with Crippen LogP contribution in [0.4, 0.5) is 5.69 Å². The zero-order chi connectivity index (χ0) is 14.4. The Morgan fingerprint density at radius 3 is 3.00 bits per heavy atom. The Bertz CT molecular complexity index is 425. The van der Waals surface area contributed by atoms with E-state index in [-0.39, 0.29) is 0 Å². The smallest absolute Gasteiger partial charge is 0.0508 e. The molecule has 4 heteroatoms. The summed E-state index contributed by atoms with van der Waals surface area (Å²) >= 11 is 3.70. The van der Waals surface area contributed by atoms with E-state index in [1.54, 1.807) is 7.11 Å². The first-order valence-electron chi connectivity index (χ1n) is 7.47. The van der Waals surface area contributed by atoms with E-state index in [1.165, 1.54) is 28.6 Å². The van der Waals surface area contributed by atoms with Gasteiger partial charge in [0.25, 0.3) is 0 Å². The number of hydrogen-bond acceptors (Lipinski definition) is 3. The molecular weight excluding hydrogens is 316 g/mol. The molecule has 1 aliphatic rings. The lowest BCUT2D eigenvalue weighted by atomic mass is 10.1. The quantitative estimate of drug-likeness (QED) is 0.769. The van der Waals surface area contributed by atoms with E-state index in [2.05, 4.69) is 51.3 Å². The maximum atomic E-state index is 5.26. The lowest BCUT2D eigenvalue weighted by Gasteiger charge is -2.20. The van der Waals surface area contributed by atoms with Gasteiger partial charge in [0.15, 0.2) is 0 Å². The molecule has 1 heterocycles. The summed E-state index contributed by atoms with van der Waals surface area (Å²) in [4.78, 5) is 2.46. The van der Waals surface area contributed by atoms with Gasteiger partial charge in [-0.1, -0.05) is 28.9 Å². The summed E-state index contributed by atoms with van der Waals surface area (Å²) in [6, 6.07) is 6.72. The second-order valence-corrected chi connectivity index (χ2v) is 6.36. The van der Waals surface area contributed by atoms with Crippen LogP contribution in [0, 0.1) is 5.92 Å². The lowest BCUT2D eigenvalue weighted by molar-refractivity contribution is 0.161. The molecule has 1 saturated heterocycles. The van der Waals surface area contributed by atoms with E-state index in [4.69, 9.17) is 4.74 Å². The lowest BCUT2D eigenvalue weighted by Crippen LogP contribution is -2.21. The summed E-state index contributed by atoms with van der Waals surface area (Å²) in [5.41, 5.74) is 2.64. The van der Waals surface area contributed by atoms with Crippen LogP contribution in [0.3, 0.4) is 0 Å². The molecule has 1 aromatic carbocycles. The highest BCUT2D eigenvalue weighted by Gasteiger charge is 2.22. The molecule has 0 bridgehead atoms. The van der Waals surface area contributed by atoms with Crippen molar-refractivity contribution in [2.24, 2.45) is 5.92 Å². The maximum absolute atomic E-state index is 5.26. The number of rotatable bonds is 7. The summed E-state index contributed by atoms with van der Waals surface area (Å²) < 4.78 is 6.47. The molecule has 112 valence electrons. The van der Waals surface area contributed by atoms with Crippen molar-refractivity contribution in [2.45, 2.75) is 26.3 Å². The fraction of sp³-hybridized carbons (Fsp3) is 0.625. The SMILES string of the molecule is CCCNCc1ccc(N2CCC(COC)C2)cc1Br. The number of nitrogens with zero attached hydrogens (tertiary/aromatic N) is 1. The van der Waals surface area contributed by atoms with Gasteiger partial charge in [0, 0.05) is 42.8 Å². The van der Waals surface area contributed by atoms with E-state index in [9.17, 15) is 0 Å². The third kappa shape index (κ3) is 4.21. The molecule has 1 atom stereocenters. The molecule has 0 aliphatic carbocycles. The highest BCUT2D eigenvalue weighted by molar-refractivity contribution is 9.10. The number of halogens is 1. The van der Waals surface area contributed by atoms with E-state index in [0.717, 1.165) is 32.8 Å². The molecule has 0 spiro atoms. The first-order chi connectivity index (χ1) is 9.74. The van der Waals surface area contributed by atoms with Crippen LogP contribution in [0.25, 0.3) is 0 Å². The van der Waals surface area contributed by atoms with Crippen molar-refractivity contribution in [2.75, 3.05) is 38.3 Å². The van der Waals surface area contributed by atoms with Gasteiger partial charge < -0.3 is 15.0 Å². The fourth-order valence-corrected chi connectivity index (χ4v) is 3.22. The second-order valence-electron chi connectivity index (χ2n) is 5.51. The number of hydrogen-bond donors (Lipinski definition) is 1. The summed E-state index contributed by atoms with van der Waals surface area (Å²) in [5.74, 6) is 0.671. The topological polar surface area (TPSA) is 24.5 Å². The van der Waals surface area contributed by atoms with Gasteiger partial charge in [-0.15, -0.1) is 0 Å². The van der Waals surface area contributed by atoms with Gasteiger partial charge in [-0.3, -0.25) is 0 Å². The van der Waals surface area contributed by atoms with E-state index in [0.29, 0.717) is 5.92 Å². The molecule has 0 saturated carbocycles. The zero-order valence-corrected chi connectivity index (χ0v) is 14.1. The molecule has 1 fully saturated rings. The zero-order valence-electron chi connectivity index (χ0n) is 12.5. The minimum absolute atomic E-state index is 0.671. The van der Waals surface area contributed by atoms with E-state index < -0.39 is 0 Å². The maximum Gasteiger partial charge on any atom is 0.0508 e. The van der Waals surface area contributed by atoms with Crippen LogP contribution in [0.5, 0.6) is 0 Å². The first-order valence-corrected chi connectivity index (χ1v) is 8.27. The Kier molecular flexibility index (Phi) is 6.33. The van der Waals surface area contributed by atoms with Crippen LogP contribution < -0.4 is 10.2 Å². The summed E-state index contributed by atoms with van der Waals surface area (Å²) in [6.45, 7) is 7.30. The van der Waals surface area contributed by atoms with Crippen molar-refractivity contribution in [3.63, 3.8) is 0 Å². The molecule has 20 heavy (non-hydrogen) atoms. The Morgan fingerprint density at radius 2 is 2.30 bits per heavy atom. The minimum atomic E-state index is 0.671. The number of ether oxygens (including phenoxy) is 1. The Hall–Kier alpha value is -0.580. The number of anilines is 1. The van der Waals surface area contributed by atoms with Gasteiger partial charge in [-0.2, -0.15) is 0 Å². The van der Waals surface area contributed by atoms with Gasteiger partial charge in [-0.25, -0.2) is 0 Å². The average molecular weight is 341 g/mol. The molecule has 1 aromatic rings. The average Bonchev–Trinajstić information content (AvgIpc) is 2.90. The molecule has 0 amide bonds. The Balaban J connectivity index is 1.95. The molecule has 1 N–H and O–H groups in total. The van der Waals surface area contributed by atoms with Gasteiger partial charge in [-0.05, 0) is 37.1 Å². The van der Waals surface area contributed by atoms with Gasteiger partial charge in [0.05, 0.1) is 6.61 Å². The van der Waals surface area contributed by atoms with Gasteiger partial charge >= 0.3 is 0 Å². The molecule has 1 unspecified atom stereocenters. The Morgan fingerprint density at radius 1 is 1.45 bits per heavy atom. The van der Waals surface area contributed by atoms with Gasteiger partial charge in [0.2, 0.25) is 0 Å². The van der Waals surface area contributed by atoms with Crippen LogP contribution in [0.15, 0.2) is 22.7 Å². The third-order valence-electron chi connectivity index (χ3n) is 3.83. The van der Waals surface area contributed by atoms with Crippen molar-refractivity contribution >= 4 is 21.6 Å². The molecule has 0 radical (unpaired) electrons. The molecular formula is C16H25BrN2O. The monoisotopic (exact) mass is 340 g/mol. The molecule has 2 rings (SSSR count). The summed E-state index contributed by atoms with van der Waals surface area (Å²) in [7, 11) is 1.79. The first kappa shape index (κ1) is 15.8. The highest BCUT2D eigenvalue weighted by atomic mass is 79.9. The number of benzene rings is 1. The predicted molar refractivity (Wildman–Crippen MR) is 88.3 cm³/mol. The van der Waals surface area contributed by atoms with Crippen molar-refractivity contribution in [3.05, 3.63) is 28.2 Å². The van der Waals surface area contributed by atoms with Crippen molar-refractivity contribution in [1.29, 1.82) is 0 Å². The summed E-state index contributed by atoms with van der Waals surface area (Å²) in [6.07, 6.45) is 2.40. The number of nitrogens with one attached hydrogen (secondary N) is 1. The normalized spacial score (nSPS) is 18.8. The number of methoxy groups -OCH3 is 1. The van der Waals surface area contributed by atoms with Crippen LogP contribution >= 0.6 is 15.9 Å². The Labute approximate surface area is 130 Å². The predicted octanol–water partition coefficient (Wildman–Crippen LogP) is 3.42. The summed E-state index contributed by atoms with van der Waals surface area (Å²) in [5, 5.41) is 3.44. The molecule has 1 aliphatic heterocycles. The largest absolute Gasteiger partial charge is 0.384 e. The van der Waals surface area contributed by atoms with Gasteiger partial charge in [0.1, 0.15) is 0 Å². The van der Waals surface area contributed by atoms with Crippen LogP contribution in [-0.2, 0) is 11.3 Å². The van der Waals surface area contributed by atoms with Crippen LogP contribution in [-0.4, -0.2) is 33.4 Å². The van der Waals surface area contributed by atoms with Crippen LogP contribution in [0.1, 0.15) is 25.3 Å². The van der Waals surface area contributed by atoms with E-state index >= 15 is 0 Å². The van der Waals surface area contributed by atoms with Crippen molar-refractivity contribution in [3.8, 4) is 0 Å². The minimum Gasteiger partial charge on any atom is -0.384 e. The third-order valence-corrected chi connectivity index (χ3v) is 4.57.